The molecule has 5 nitrogen and oxygen atoms in total. The number of hydrogen-bond acceptors (Lipinski definition) is 7. The Morgan fingerprint density at radius 3 is 1.90 bits per heavy atom. The van der Waals surface area contributed by atoms with Crippen molar-refractivity contribution in [1.29, 1.82) is 0 Å². The average molecular weight is 443 g/mol. The van der Waals surface area contributed by atoms with E-state index in [1.54, 1.807) is 34.8 Å². The number of thiazole rings is 2. The molecule has 2 aromatic carbocycles. The molecule has 0 fully saturated rings. The fourth-order valence-corrected chi connectivity index (χ4v) is 4.45. The van der Waals surface area contributed by atoms with Crippen molar-refractivity contribution in [3.05, 3.63) is 59.3 Å². The fourth-order valence-electron chi connectivity index (χ4n) is 2.74. The van der Waals surface area contributed by atoms with E-state index < -0.39 is 6.67 Å². The lowest BCUT2D eigenvalue weighted by molar-refractivity contribution is 0.0897. The van der Waals surface area contributed by atoms with Crippen LogP contribution in [0.25, 0.3) is 32.5 Å². The second kappa shape index (κ2) is 9.80. The van der Waals surface area contributed by atoms with Crippen molar-refractivity contribution in [2.45, 2.75) is 0 Å². The molecule has 4 aromatic rings. The molecule has 8 heteroatoms. The van der Waals surface area contributed by atoms with E-state index in [-0.39, 0.29) is 12.4 Å². The molecule has 0 unspecified atom stereocenters. The van der Waals surface area contributed by atoms with Crippen molar-refractivity contribution in [2.75, 3.05) is 26.5 Å². The summed E-state index contributed by atoms with van der Waals surface area (Å²) in [5.74, 6) is 0.969. The van der Waals surface area contributed by atoms with Crippen molar-refractivity contribution in [2.24, 2.45) is 0 Å². The molecule has 2 heterocycles. The van der Waals surface area contributed by atoms with Gasteiger partial charge in [0, 0.05) is 21.9 Å². The van der Waals surface area contributed by atoms with Crippen LogP contribution in [0.5, 0.6) is 11.5 Å². The van der Waals surface area contributed by atoms with Gasteiger partial charge in [-0.15, -0.1) is 22.7 Å². The maximum absolute atomic E-state index is 12.0. The minimum absolute atomic E-state index is 0.101. The zero-order chi connectivity index (χ0) is 20.8. The van der Waals surface area contributed by atoms with Crippen LogP contribution >= 0.6 is 22.7 Å². The second-order valence-electron chi connectivity index (χ2n) is 6.30. The molecule has 0 saturated carbocycles. The average Bonchev–Trinajstić information content (AvgIpc) is 3.45. The molecule has 1 N–H and O–H groups in total. The summed E-state index contributed by atoms with van der Waals surface area (Å²) in [6, 6.07) is 14.7. The van der Waals surface area contributed by atoms with E-state index in [1.807, 2.05) is 47.2 Å². The zero-order valence-electron chi connectivity index (χ0n) is 16.0. The smallest absolute Gasteiger partial charge is 0.152 e. The Balaban J connectivity index is 1.41. The number of aromatic nitrogens is 2. The molecule has 0 aliphatic carbocycles. The summed E-state index contributed by atoms with van der Waals surface area (Å²) in [6.45, 7) is 0.363. The van der Waals surface area contributed by atoms with Crippen LogP contribution in [0, 0.1) is 0 Å². The highest BCUT2D eigenvalue weighted by molar-refractivity contribution is 7.20. The monoisotopic (exact) mass is 442 g/mol. The van der Waals surface area contributed by atoms with Crippen molar-refractivity contribution < 1.29 is 19.0 Å². The van der Waals surface area contributed by atoms with E-state index in [0.29, 0.717) is 13.2 Å². The number of phenolic OH excluding ortho intramolecular Hbond substituents is 1. The Bertz CT molecular complexity index is 1080. The predicted octanol–water partition coefficient (Wildman–Crippen LogP) is 5.67. The van der Waals surface area contributed by atoms with Crippen molar-refractivity contribution in [1.82, 2.24) is 9.97 Å². The number of halogens is 1. The molecule has 4 rings (SSSR count). The van der Waals surface area contributed by atoms with Gasteiger partial charge in [0.1, 0.15) is 24.8 Å². The van der Waals surface area contributed by atoms with Crippen LogP contribution in [0.15, 0.2) is 59.3 Å². The molecular formula is C22H19FN2O3S2. The first kappa shape index (κ1) is 20.5. The fraction of sp³-hybridized carbons (Fsp3) is 0.182. The van der Waals surface area contributed by atoms with E-state index in [2.05, 4.69) is 4.98 Å². The van der Waals surface area contributed by atoms with Gasteiger partial charge in [-0.25, -0.2) is 14.4 Å². The molecule has 0 aliphatic heterocycles. The Kier molecular flexibility index (Phi) is 6.68. The summed E-state index contributed by atoms with van der Waals surface area (Å²) in [6.07, 6.45) is 0. The maximum Gasteiger partial charge on any atom is 0.152 e. The van der Waals surface area contributed by atoms with Crippen molar-refractivity contribution >= 4 is 22.7 Å². The Morgan fingerprint density at radius 2 is 1.33 bits per heavy atom. The van der Waals surface area contributed by atoms with Crippen molar-refractivity contribution in [3.63, 3.8) is 0 Å². The highest BCUT2D eigenvalue weighted by Gasteiger charge is 2.12. The van der Waals surface area contributed by atoms with Gasteiger partial charge >= 0.3 is 0 Å². The first-order chi connectivity index (χ1) is 14.7. The van der Waals surface area contributed by atoms with Gasteiger partial charge in [-0.1, -0.05) is 0 Å². The third-order valence-electron chi connectivity index (χ3n) is 4.22. The first-order valence-electron chi connectivity index (χ1n) is 9.31. The molecule has 0 aliphatic rings. The highest BCUT2D eigenvalue weighted by Crippen LogP contribution is 2.34. The quantitative estimate of drug-likeness (QED) is 0.338. The third kappa shape index (κ3) is 5.02. The Labute approximate surface area is 181 Å². The third-order valence-corrected chi connectivity index (χ3v) is 6.05. The normalized spacial score (nSPS) is 11.0. The Morgan fingerprint density at radius 1 is 0.767 bits per heavy atom. The minimum Gasteiger partial charge on any atom is -0.508 e. The molecule has 30 heavy (non-hydrogen) atoms. The molecule has 0 amide bonds. The van der Waals surface area contributed by atoms with E-state index >= 15 is 0 Å². The molecule has 2 aromatic heterocycles. The molecular weight excluding hydrogens is 423 g/mol. The Hall–Kier alpha value is -2.81. The molecule has 0 radical (unpaired) electrons. The van der Waals surface area contributed by atoms with Crippen LogP contribution in [0.3, 0.4) is 0 Å². The summed E-state index contributed by atoms with van der Waals surface area (Å²) < 4.78 is 22.6. The van der Waals surface area contributed by atoms with Gasteiger partial charge in [-0.2, -0.15) is 0 Å². The second-order valence-corrected chi connectivity index (χ2v) is 8.01. The SMILES string of the molecule is Oc1ccc(-c2csc(-c3nc(-c4ccc(OCCOCCF)cc4)cs3)n2)cc1. The lowest BCUT2D eigenvalue weighted by Crippen LogP contribution is -2.08. The van der Waals surface area contributed by atoms with Crippen LogP contribution in [0.4, 0.5) is 4.39 Å². The standard InChI is InChI=1S/C22H19FN2O3S2/c23-9-10-27-11-12-28-18-7-3-16(4-8-18)20-14-30-22(25-20)21-24-19(13-29-21)15-1-5-17(26)6-2-15/h1-8,13-14,26H,9-12H2. The number of aromatic hydroxyl groups is 1. The van der Waals surface area contributed by atoms with Gasteiger partial charge in [-0.3, -0.25) is 0 Å². The number of rotatable bonds is 9. The lowest BCUT2D eigenvalue weighted by atomic mass is 10.2. The lowest BCUT2D eigenvalue weighted by Gasteiger charge is -2.06. The van der Waals surface area contributed by atoms with E-state index in [9.17, 15) is 9.50 Å². The predicted molar refractivity (Wildman–Crippen MR) is 118 cm³/mol. The molecule has 154 valence electrons. The summed E-state index contributed by atoms with van der Waals surface area (Å²) in [7, 11) is 0. The maximum atomic E-state index is 12.0. The van der Waals surface area contributed by atoms with Crippen LogP contribution < -0.4 is 4.74 Å². The number of phenols is 1. The number of alkyl halides is 1. The van der Waals surface area contributed by atoms with Gasteiger partial charge in [0.05, 0.1) is 24.6 Å². The van der Waals surface area contributed by atoms with Crippen molar-refractivity contribution in [3.8, 4) is 44.0 Å². The number of hydrogen-bond donors (Lipinski definition) is 1. The summed E-state index contributed by atoms with van der Waals surface area (Å²) in [5, 5.41) is 15.2. The van der Waals surface area contributed by atoms with Crippen LogP contribution in [-0.2, 0) is 4.74 Å². The number of benzene rings is 2. The summed E-state index contributed by atoms with van der Waals surface area (Å²) in [4.78, 5) is 9.41. The van der Waals surface area contributed by atoms with Crippen LogP contribution in [0.1, 0.15) is 0 Å². The largest absolute Gasteiger partial charge is 0.508 e. The van der Waals surface area contributed by atoms with E-state index in [4.69, 9.17) is 14.5 Å². The minimum atomic E-state index is -0.483. The summed E-state index contributed by atoms with van der Waals surface area (Å²) in [5.41, 5.74) is 3.70. The van der Waals surface area contributed by atoms with Gasteiger partial charge in [-0.05, 0) is 48.5 Å². The number of ether oxygens (including phenoxy) is 2. The number of nitrogens with zero attached hydrogens (tertiary/aromatic N) is 2. The zero-order valence-corrected chi connectivity index (χ0v) is 17.6. The van der Waals surface area contributed by atoms with Gasteiger partial charge in [0.15, 0.2) is 10.0 Å². The first-order valence-corrected chi connectivity index (χ1v) is 11.1. The molecule has 0 bridgehead atoms. The molecule has 0 atom stereocenters. The van der Waals surface area contributed by atoms with Gasteiger partial charge < -0.3 is 14.6 Å². The van der Waals surface area contributed by atoms with Gasteiger partial charge in [0.2, 0.25) is 0 Å². The van der Waals surface area contributed by atoms with Crippen LogP contribution in [-0.4, -0.2) is 41.6 Å². The van der Waals surface area contributed by atoms with E-state index in [0.717, 1.165) is 38.3 Å². The highest BCUT2D eigenvalue weighted by atomic mass is 32.1. The topological polar surface area (TPSA) is 64.5 Å². The molecule has 0 saturated heterocycles. The van der Waals surface area contributed by atoms with E-state index in [1.165, 1.54) is 0 Å². The molecule has 0 spiro atoms. The van der Waals surface area contributed by atoms with Gasteiger partial charge in [0.25, 0.3) is 0 Å². The summed E-state index contributed by atoms with van der Waals surface area (Å²) >= 11 is 3.10. The van der Waals surface area contributed by atoms with Crippen LogP contribution in [0.2, 0.25) is 0 Å².